The molecule has 2 aliphatic rings. The Labute approximate surface area is 271 Å². The van der Waals surface area contributed by atoms with Crippen LogP contribution in [0.1, 0.15) is 22.3 Å². The number of fused-ring (bicyclic) bond motifs is 13. The van der Waals surface area contributed by atoms with E-state index in [4.69, 9.17) is 4.74 Å². The minimum atomic E-state index is -0.553. The molecule has 1 spiro atoms. The van der Waals surface area contributed by atoms with E-state index in [0.717, 1.165) is 28.6 Å². The molecule has 0 N–H and O–H groups in total. The van der Waals surface area contributed by atoms with Gasteiger partial charge in [0.1, 0.15) is 11.5 Å². The van der Waals surface area contributed by atoms with Gasteiger partial charge in [0.2, 0.25) is 0 Å². The van der Waals surface area contributed by atoms with Crippen molar-refractivity contribution in [3.05, 3.63) is 186 Å². The average molecular weight is 606 g/mol. The normalized spacial score (nSPS) is 15.7. The predicted octanol–water partition coefficient (Wildman–Crippen LogP) is 12.0. The fourth-order valence-corrected chi connectivity index (χ4v) is 9.00. The Morgan fingerprint density at radius 3 is 1.91 bits per heavy atom. The molecular formula is C43H27NOS. The van der Waals surface area contributed by atoms with Gasteiger partial charge in [0.05, 0.1) is 5.41 Å². The first kappa shape index (κ1) is 25.7. The molecular weight excluding hydrogens is 579 g/mol. The number of thiophene rings is 1. The van der Waals surface area contributed by atoms with Crippen LogP contribution in [0.25, 0.3) is 31.3 Å². The maximum absolute atomic E-state index is 6.99. The Balaban J connectivity index is 1.33. The lowest BCUT2D eigenvalue weighted by Crippen LogP contribution is -2.32. The highest BCUT2D eigenvalue weighted by Crippen LogP contribution is 2.64. The van der Waals surface area contributed by atoms with Gasteiger partial charge in [-0.1, -0.05) is 109 Å². The van der Waals surface area contributed by atoms with E-state index in [1.54, 1.807) is 0 Å². The molecule has 0 saturated carbocycles. The van der Waals surface area contributed by atoms with E-state index in [9.17, 15) is 0 Å². The van der Waals surface area contributed by atoms with Gasteiger partial charge in [0.25, 0.3) is 0 Å². The van der Waals surface area contributed by atoms with Gasteiger partial charge in [-0.15, -0.1) is 11.3 Å². The molecule has 46 heavy (non-hydrogen) atoms. The first-order valence-electron chi connectivity index (χ1n) is 15.7. The molecule has 0 bridgehead atoms. The van der Waals surface area contributed by atoms with E-state index in [2.05, 4.69) is 169 Å². The monoisotopic (exact) mass is 605 g/mol. The zero-order chi connectivity index (χ0) is 30.2. The summed E-state index contributed by atoms with van der Waals surface area (Å²) in [6.45, 7) is 0. The van der Waals surface area contributed by atoms with Gasteiger partial charge in [0.15, 0.2) is 0 Å². The lowest BCUT2D eigenvalue weighted by Gasteiger charge is -2.40. The van der Waals surface area contributed by atoms with Crippen molar-refractivity contribution >= 4 is 48.6 Å². The number of hydrogen-bond acceptors (Lipinski definition) is 3. The minimum absolute atomic E-state index is 0.553. The number of hydrogen-bond donors (Lipinski definition) is 0. The fourth-order valence-electron chi connectivity index (χ4n) is 7.90. The van der Waals surface area contributed by atoms with Crippen molar-refractivity contribution in [2.75, 3.05) is 4.90 Å². The summed E-state index contributed by atoms with van der Waals surface area (Å²) in [4.78, 5) is 2.36. The summed E-state index contributed by atoms with van der Waals surface area (Å²) in [5.74, 6) is 1.87. The van der Waals surface area contributed by atoms with Gasteiger partial charge in [0, 0.05) is 48.4 Å². The maximum Gasteiger partial charge on any atom is 0.141 e. The van der Waals surface area contributed by atoms with E-state index >= 15 is 0 Å². The first-order chi connectivity index (χ1) is 22.8. The SMILES string of the molecule is c1ccc(N(c2ccccc2)c2ccc3c(c2)C2(c4ccccc4Oc4c2ccc2sc5ccccc5c42)c2ccccc2-3)cc1. The lowest BCUT2D eigenvalue weighted by atomic mass is 9.66. The third-order valence-electron chi connectivity index (χ3n) is 9.72. The second-order valence-electron chi connectivity index (χ2n) is 12.0. The Bertz CT molecular complexity index is 2420. The third-order valence-corrected chi connectivity index (χ3v) is 10.9. The molecule has 2 nitrogen and oxygen atoms in total. The van der Waals surface area contributed by atoms with Crippen LogP contribution >= 0.6 is 11.3 Å². The van der Waals surface area contributed by atoms with E-state index in [1.165, 1.54) is 53.6 Å². The molecule has 2 heterocycles. The quantitative estimate of drug-likeness (QED) is 0.199. The summed E-state index contributed by atoms with van der Waals surface area (Å²) in [5, 5.41) is 2.44. The van der Waals surface area contributed by atoms with E-state index in [0.29, 0.717) is 0 Å². The van der Waals surface area contributed by atoms with Crippen molar-refractivity contribution in [3.63, 3.8) is 0 Å². The topological polar surface area (TPSA) is 12.5 Å². The summed E-state index contributed by atoms with van der Waals surface area (Å²) in [6.07, 6.45) is 0. The number of ether oxygens (including phenoxy) is 1. The Morgan fingerprint density at radius 2 is 1.11 bits per heavy atom. The molecule has 7 aromatic carbocycles. The second-order valence-corrected chi connectivity index (χ2v) is 13.1. The molecule has 1 aliphatic carbocycles. The molecule has 0 saturated heterocycles. The average Bonchev–Trinajstić information content (AvgIpc) is 3.64. The molecule has 1 aliphatic heterocycles. The van der Waals surface area contributed by atoms with Crippen LogP contribution in [0.5, 0.6) is 11.5 Å². The van der Waals surface area contributed by atoms with Crippen LogP contribution in [-0.4, -0.2) is 0 Å². The smallest absolute Gasteiger partial charge is 0.141 e. The van der Waals surface area contributed by atoms with Crippen LogP contribution in [-0.2, 0) is 5.41 Å². The largest absolute Gasteiger partial charge is 0.456 e. The molecule has 0 amide bonds. The number of rotatable bonds is 3. The molecule has 1 aromatic heterocycles. The molecule has 8 aromatic rings. The lowest BCUT2D eigenvalue weighted by molar-refractivity contribution is 0.442. The highest BCUT2D eigenvalue weighted by atomic mass is 32.1. The third kappa shape index (κ3) is 3.41. The molecule has 216 valence electrons. The van der Waals surface area contributed by atoms with Crippen LogP contribution in [0.15, 0.2) is 164 Å². The molecule has 0 fully saturated rings. The standard InChI is InChI=1S/C43H27NOS/c1-3-13-28(14-4-1)44(29-15-5-2-6-16-29)30-23-24-32-31-17-7-9-19-34(31)43(37(32)27-30)35-20-10-11-21-38(35)45-42-36(43)25-26-40-41(42)33-18-8-12-22-39(33)46-40/h1-27H. The van der Waals surface area contributed by atoms with Crippen LogP contribution in [0.2, 0.25) is 0 Å². The van der Waals surface area contributed by atoms with Crippen molar-refractivity contribution in [2.45, 2.75) is 5.41 Å². The molecule has 10 rings (SSSR count). The van der Waals surface area contributed by atoms with Gasteiger partial charge in [-0.25, -0.2) is 0 Å². The minimum Gasteiger partial charge on any atom is -0.456 e. The summed E-state index contributed by atoms with van der Waals surface area (Å²) >= 11 is 1.83. The Hall–Kier alpha value is -5.64. The van der Waals surface area contributed by atoms with Crippen LogP contribution in [0.3, 0.4) is 0 Å². The highest BCUT2D eigenvalue weighted by Gasteiger charge is 2.51. The number of nitrogens with zero attached hydrogens (tertiary/aromatic N) is 1. The molecule has 1 atom stereocenters. The van der Waals surface area contributed by atoms with E-state index < -0.39 is 5.41 Å². The number of anilines is 3. The first-order valence-corrected chi connectivity index (χ1v) is 16.5. The van der Waals surface area contributed by atoms with Gasteiger partial charge in [-0.2, -0.15) is 0 Å². The molecule has 1 unspecified atom stereocenters. The number of benzene rings is 7. The Kier molecular flexibility index (Phi) is 5.40. The van der Waals surface area contributed by atoms with E-state index in [-0.39, 0.29) is 0 Å². The van der Waals surface area contributed by atoms with Crippen molar-refractivity contribution in [2.24, 2.45) is 0 Å². The summed E-state index contributed by atoms with van der Waals surface area (Å²) in [5.41, 5.74) is 10.3. The van der Waals surface area contributed by atoms with Crippen LogP contribution in [0, 0.1) is 0 Å². The highest BCUT2D eigenvalue weighted by molar-refractivity contribution is 7.25. The zero-order valence-corrected chi connectivity index (χ0v) is 25.7. The fraction of sp³-hybridized carbons (Fsp3) is 0.0233. The molecule has 0 radical (unpaired) electrons. The predicted molar refractivity (Wildman–Crippen MR) is 191 cm³/mol. The van der Waals surface area contributed by atoms with Crippen LogP contribution < -0.4 is 9.64 Å². The van der Waals surface area contributed by atoms with Crippen molar-refractivity contribution in [3.8, 4) is 22.6 Å². The van der Waals surface area contributed by atoms with Crippen LogP contribution in [0.4, 0.5) is 17.1 Å². The second kappa shape index (κ2) is 9.68. The van der Waals surface area contributed by atoms with Gasteiger partial charge < -0.3 is 9.64 Å². The summed E-state index contributed by atoms with van der Waals surface area (Å²) in [7, 11) is 0. The molecule has 3 heteroatoms. The van der Waals surface area contributed by atoms with Crippen molar-refractivity contribution in [1.29, 1.82) is 0 Å². The summed E-state index contributed by atoms with van der Waals surface area (Å²) in [6, 6.07) is 59.3. The van der Waals surface area contributed by atoms with Crippen molar-refractivity contribution in [1.82, 2.24) is 0 Å². The maximum atomic E-state index is 6.99. The number of para-hydroxylation sites is 3. The van der Waals surface area contributed by atoms with Gasteiger partial charge in [-0.3, -0.25) is 0 Å². The van der Waals surface area contributed by atoms with Gasteiger partial charge in [-0.05, 0) is 76.9 Å². The van der Waals surface area contributed by atoms with E-state index in [1.807, 2.05) is 11.3 Å². The summed E-state index contributed by atoms with van der Waals surface area (Å²) < 4.78 is 9.51. The van der Waals surface area contributed by atoms with Gasteiger partial charge >= 0.3 is 0 Å². The zero-order valence-electron chi connectivity index (χ0n) is 24.9. The Morgan fingerprint density at radius 1 is 0.457 bits per heavy atom. The van der Waals surface area contributed by atoms with Crippen molar-refractivity contribution < 1.29 is 4.74 Å².